The topological polar surface area (TPSA) is 109 Å². The Bertz CT molecular complexity index is 926. The molecular formula is C20H32IN5O3S. The fourth-order valence-corrected chi connectivity index (χ4v) is 4.22. The minimum Gasteiger partial charge on any atom is -0.359 e. The van der Waals surface area contributed by atoms with Gasteiger partial charge in [0.2, 0.25) is 10.0 Å². The molecule has 0 saturated carbocycles. The minimum atomic E-state index is -3.39. The van der Waals surface area contributed by atoms with Crippen LogP contribution in [-0.2, 0) is 28.9 Å². The van der Waals surface area contributed by atoms with E-state index in [1.165, 1.54) is 0 Å². The van der Waals surface area contributed by atoms with Crippen molar-refractivity contribution < 1.29 is 12.9 Å². The molecule has 1 heterocycles. The van der Waals surface area contributed by atoms with E-state index in [0.29, 0.717) is 25.0 Å². The average molecular weight is 549 g/mol. The van der Waals surface area contributed by atoms with Crippen LogP contribution in [-0.4, -0.2) is 32.6 Å². The van der Waals surface area contributed by atoms with E-state index in [2.05, 4.69) is 39.4 Å². The summed E-state index contributed by atoms with van der Waals surface area (Å²) < 4.78 is 32.5. The normalized spacial score (nSPS) is 12.2. The zero-order valence-electron chi connectivity index (χ0n) is 18.1. The summed E-state index contributed by atoms with van der Waals surface area (Å²) >= 11 is 0. The van der Waals surface area contributed by atoms with E-state index >= 15 is 0 Å². The van der Waals surface area contributed by atoms with Crippen LogP contribution in [0.1, 0.15) is 56.2 Å². The maximum Gasteiger partial charge on any atom is 0.216 e. The lowest BCUT2D eigenvalue weighted by Crippen LogP contribution is -2.36. The monoisotopic (exact) mass is 549 g/mol. The second-order valence-corrected chi connectivity index (χ2v) is 9.21. The van der Waals surface area contributed by atoms with Crippen LogP contribution >= 0.6 is 24.0 Å². The molecule has 168 valence electrons. The lowest BCUT2D eigenvalue weighted by atomic mass is 10.1. The van der Waals surface area contributed by atoms with Crippen LogP contribution in [0, 0.1) is 0 Å². The Kier molecular flexibility index (Phi) is 10.8. The smallest absolute Gasteiger partial charge is 0.216 e. The fourth-order valence-electron chi connectivity index (χ4n) is 2.73. The molecule has 8 nitrogen and oxygen atoms in total. The SMILES string of the molecule is CN=C(NCc1cc(C(C)C)no1)NCc1ccccc1CS(=O)(=O)NC(C)C.I. The van der Waals surface area contributed by atoms with Crippen molar-refractivity contribution in [3.63, 3.8) is 0 Å². The quantitative estimate of drug-likeness (QED) is 0.252. The Morgan fingerprint density at radius 1 is 1.10 bits per heavy atom. The zero-order chi connectivity index (χ0) is 21.4. The second-order valence-electron chi connectivity index (χ2n) is 7.45. The molecule has 0 aliphatic rings. The largest absolute Gasteiger partial charge is 0.359 e. The van der Waals surface area contributed by atoms with E-state index in [9.17, 15) is 8.42 Å². The number of nitrogens with one attached hydrogen (secondary N) is 3. The van der Waals surface area contributed by atoms with Gasteiger partial charge in [0.05, 0.1) is 18.0 Å². The van der Waals surface area contributed by atoms with Crippen molar-refractivity contribution in [1.82, 2.24) is 20.5 Å². The van der Waals surface area contributed by atoms with Gasteiger partial charge in [-0.05, 0) is 30.9 Å². The first-order valence-electron chi connectivity index (χ1n) is 9.67. The van der Waals surface area contributed by atoms with Crippen LogP contribution in [0.2, 0.25) is 0 Å². The third-order valence-electron chi connectivity index (χ3n) is 4.15. The molecule has 3 N–H and O–H groups in total. The van der Waals surface area contributed by atoms with Crippen molar-refractivity contribution in [2.24, 2.45) is 4.99 Å². The van der Waals surface area contributed by atoms with E-state index in [1.807, 2.05) is 30.3 Å². The number of nitrogens with zero attached hydrogens (tertiary/aromatic N) is 2. The third-order valence-corrected chi connectivity index (χ3v) is 5.67. The summed E-state index contributed by atoms with van der Waals surface area (Å²) in [4.78, 5) is 4.21. The molecule has 0 radical (unpaired) electrons. The average Bonchev–Trinajstić information content (AvgIpc) is 3.11. The molecule has 1 aromatic carbocycles. The first-order chi connectivity index (χ1) is 13.7. The van der Waals surface area contributed by atoms with Crippen molar-refractivity contribution >= 4 is 40.0 Å². The van der Waals surface area contributed by atoms with Gasteiger partial charge in [-0.25, -0.2) is 13.1 Å². The second kappa shape index (κ2) is 12.3. The predicted octanol–water partition coefficient (Wildman–Crippen LogP) is 3.11. The van der Waals surface area contributed by atoms with E-state index in [1.54, 1.807) is 20.9 Å². The highest BCUT2D eigenvalue weighted by molar-refractivity contribution is 14.0. The Hall–Kier alpha value is -1.66. The predicted molar refractivity (Wildman–Crippen MR) is 130 cm³/mol. The van der Waals surface area contributed by atoms with Gasteiger partial charge >= 0.3 is 0 Å². The first-order valence-corrected chi connectivity index (χ1v) is 11.3. The van der Waals surface area contributed by atoms with E-state index in [0.717, 1.165) is 22.6 Å². The van der Waals surface area contributed by atoms with Gasteiger partial charge in [0.1, 0.15) is 0 Å². The highest BCUT2D eigenvalue weighted by atomic mass is 127. The lowest BCUT2D eigenvalue weighted by Gasteiger charge is -2.15. The van der Waals surface area contributed by atoms with Crippen molar-refractivity contribution in [2.45, 2.75) is 58.5 Å². The van der Waals surface area contributed by atoms with Crippen LogP contribution in [0.15, 0.2) is 39.8 Å². The maximum absolute atomic E-state index is 12.3. The van der Waals surface area contributed by atoms with Crippen molar-refractivity contribution in [3.8, 4) is 0 Å². The highest BCUT2D eigenvalue weighted by Crippen LogP contribution is 2.14. The van der Waals surface area contributed by atoms with Gasteiger partial charge in [-0.2, -0.15) is 0 Å². The maximum atomic E-state index is 12.3. The molecule has 0 aliphatic heterocycles. The number of sulfonamides is 1. The van der Waals surface area contributed by atoms with Crippen LogP contribution < -0.4 is 15.4 Å². The molecule has 0 saturated heterocycles. The van der Waals surface area contributed by atoms with Crippen LogP contribution in [0.4, 0.5) is 0 Å². The Balaban J connectivity index is 0.00000450. The van der Waals surface area contributed by atoms with Crippen molar-refractivity contribution in [2.75, 3.05) is 7.05 Å². The molecule has 0 amide bonds. The highest BCUT2D eigenvalue weighted by Gasteiger charge is 2.15. The van der Waals surface area contributed by atoms with Crippen LogP contribution in [0.3, 0.4) is 0 Å². The van der Waals surface area contributed by atoms with Gasteiger partial charge in [0.25, 0.3) is 0 Å². The van der Waals surface area contributed by atoms with Crippen LogP contribution in [0.25, 0.3) is 0 Å². The first kappa shape index (κ1) is 26.4. The molecular weight excluding hydrogens is 517 g/mol. The van der Waals surface area contributed by atoms with Gasteiger partial charge in [-0.15, -0.1) is 24.0 Å². The summed E-state index contributed by atoms with van der Waals surface area (Å²) in [5.74, 6) is 1.56. The summed E-state index contributed by atoms with van der Waals surface area (Å²) in [6.07, 6.45) is 0. The number of guanidine groups is 1. The summed E-state index contributed by atoms with van der Waals surface area (Å²) in [5, 5.41) is 10.4. The van der Waals surface area contributed by atoms with Gasteiger partial charge in [0.15, 0.2) is 11.7 Å². The summed E-state index contributed by atoms with van der Waals surface area (Å²) in [6, 6.07) is 9.25. The molecule has 0 unspecified atom stereocenters. The van der Waals surface area contributed by atoms with E-state index in [4.69, 9.17) is 4.52 Å². The number of halogens is 1. The molecule has 10 heteroatoms. The number of rotatable bonds is 9. The molecule has 2 aromatic rings. The van der Waals surface area contributed by atoms with Gasteiger partial charge < -0.3 is 15.2 Å². The van der Waals surface area contributed by atoms with Crippen molar-refractivity contribution in [1.29, 1.82) is 0 Å². The summed E-state index contributed by atoms with van der Waals surface area (Å²) in [6.45, 7) is 8.63. The summed E-state index contributed by atoms with van der Waals surface area (Å²) in [7, 11) is -1.72. The number of aromatic nitrogens is 1. The number of hydrogen-bond acceptors (Lipinski definition) is 5. The molecule has 30 heavy (non-hydrogen) atoms. The van der Waals surface area contributed by atoms with Gasteiger partial charge in [0, 0.05) is 25.7 Å². The Labute approximate surface area is 196 Å². The van der Waals surface area contributed by atoms with Crippen molar-refractivity contribution in [3.05, 3.63) is 52.9 Å². The molecule has 0 spiro atoms. The van der Waals surface area contributed by atoms with Gasteiger partial charge in [-0.1, -0.05) is 43.3 Å². The molecule has 0 atom stereocenters. The Morgan fingerprint density at radius 3 is 2.30 bits per heavy atom. The standard InChI is InChI=1S/C20H31N5O3S.HI/c1-14(2)19-10-18(28-24-19)12-23-20(21-5)22-11-16-8-6-7-9-17(16)13-29(26,27)25-15(3)4;/h6-10,14-15,25H,11-13H2,1-5H3,(H2,21,22,23);1H. The third kappa shape index (κ3) is 8.60. The zero-order valence-corrected chi connectivity index (χ0v) is 21.2. The Morgan fingerprint density at radius 2 is 1.73 bits per heavy atom. The number of aliphatic imine (C=N–C) groups is 1. The number of benzene rings is 1. The minimum absolute atomic E-state index is 0. The molecule has 0 aliphatic carbocycles. The molecule has 0 fully saturated rings. The molecule has 1 aromatic heterocycles. The lowest BCUT2D eigenvalue weighted by molar-refractivity contribution is 0.372. The molecule has 0 bridgehead atoms. The molecule has 2 rings (SSSR count). The van der Waals surface area contributed by atoms with E-state index < -0.39 is 10.0 Å². The van der Waals surface area contributed by atoms with E-state index in [-0.39, 0.29) is 35.8 Å². The fraction of sp³-hybridized carbons (Fsp3) is 0.500. The number of hydrogen-bond donors (Lipinski definition) is 3. The van der Waals surface area contributed by atoms with Crippen LogP contribution in [0.5, 0.6) is 0 Å². The summed E-state index contributed by atoms with van der Waals surface area (Å²) in [5.41, 5.74) is 2.56. The van der Waals surface area contributed by atoms with Gasteiger partial charge in [-0.3, -0.25) is 4.99 Å².